The number of ether oxygens (including phenoxy) is 2. The van der Waals surface area contributed by atoms with Gasteiger partial charge in [0.15, 0.2) is 23.1 Å². The summed E-state index contributed by atoms with van der Waals surface area (Å²) in [6.45, 7) is 0.265. The van der Waals surface area contributed by atoms with E-state index in [4.69, 9.17) is 9.47 Å². The molecule has 2 aromatic rings. The second kappa shape index (κ2) is 7.09. The van der Waals surface area contributed by atoms with Gasteiger partial charge in [-0.2, -0.15) is 4.31 Å². The van der Waals surface area contributed by atoms with Gasteiger partial charge in [-0.3, -0.25) is 0 Å². The topological polar surface area (TPSA) is 55.8 Å². The third-order valence-corrected chi connectivity index (χ3v) is 6.90. The van der Waals surface area contributed by atoms with Crippen molar-refractivity contribution in [2.75, 3.05) is 6.79 Å². The monoisotopic (exact) mass is 395 g/mol. The summed E-state index contributed by atoms with van der Waals surface area (Å²) in [4.78, 5) is -0.242. The Morgan fingerprint density at radius 3 is 2.44 bits per heavy atom. The quantitative estimate of drug-likeness (QED) is 0.772. The van der Waals surface area contributed by atoms with Gasteiger partial charge in [0, 0.05) is 12.6 Å². The normalized spacial score (nSPS) is 17.0. The number of benzene rings is 2. The molecule has 1 aliphatic heterocycles. The lowest BCUT2D eigenvalue weighted by atomic mass is 10.1. The zero-order valence-corrected chi connectivity index (χ0v) is 15.3. The van der Waals surface area contributed by atoms with Crippen LogP contribution in [0.3, 0.4) is 0 Å². The van der Waals surface area contributed by atoms with E-state index in [0.717, 1.165) is 49.4 Å². The first-order valence-corrected chi connectivity index (χ1v) is 10.2. The maximum atomic E-state index is 13.6. The van der Waals surface area contributed by atoms with Gasteiger partial charge < -0.3 is 9.47 Å². The summed E-state index contributed by atoms with van der Waals surface area (Å²) in [5, 5.41) is 0. The fourth-order valence-electron chi connectivity index (χ4n) is 3.59. The molecular formula is C19H19F2NO4S. The zero-order chi connectivity index (χ0) is 19.0. The third-order valence-electron chi connectivity index (χ3n) is 5.01. The molecule has 1 aliphatic carbocycles. The van der Waals surface area contributed by atoms with Crippen LogP contribution in [0.5, 0.6) is 11.5 Å². The fourth-order valence-corrected chi connectivity index (χ4v) is 5.28. The number of fused-ring (bicyclic) bond motifs is 1. The van der Waals surface area contributed by atoms with Crippen molar-refractivity contribution in [2.24, 2.45) is 0 Å². The summed E-state index contributed by atoms with van der Waals surface area (Å²) < 4.78 is 65.3. The highest BCUT2D eigenvalue weighted by Gasteiger charge is 2.34. The van der Waals surface area contributed by atoms with E-state index in [9.17, 15) is 17.2 Å². The predicted molar refractivity (Wildman–Crippen MR) is 93.9 cm³/mol. The summed E-state index contributed by atoms with van der Waals surface area (Å²) in [5.74, 6) is -1.05. The van der Waals surface area contributed by atoms with Crippen LogP contribution in [0.15, 0.2) is 41.3 Å². The molecule has 0 unspecified atom stereocenters. The van der Waals surface area contributed by atoms with Gasteiger partial charge in [-0.15, -0.1) is 0 Å². The van der Waals surface area contributed by atoms with Gasteiger partial charge in [0.2, 0.25) is 16.8 Å². The van der Waals surface area contributed by atoms with Gasteiger partial charge >= 0.3 is 0 Å². The molecule has 0 N–H and O–H groups in total. The molecule has 0 spiro atoms. The van der Waals surface area contributed by atoms with Gasteiger partial charge in [0.1, 0.15) is 0 Å². The Balaban J connectivity index is 1.69. The van der Waals surface area contributed by atoms with Gasteiger partial charge in [-0.1, -0.05) is 18.9 Å². The molecule has 1 heterocycles. The second-order valence-electron chi connectivity index (χ2n) is 6.75. The maximum Gasteiger partial charge on any atom is 0.243 e. The Morgan fingerprint density at radius 1 is 0.963 bits per heavy atom. The minimum absolute atomic E-state index is 0.128. The summed E-state index contributed by atoms with van der Waals surface area (Å²) in [6, 6.07) is 7.81. The van der Waals surface area contributed by atoms with Crippen molar-refractivity contribution < 1.29 is 26.7 Å². The lowest BCUT2D eigenvalue weighted by molar-refractivity contribution is 0.174. The Bertz CT molecular complexity index is 958. The van der Waals surface area contributed by atoms with E-state index in [1.165, 1.54) is 4.31 Å². The Morgan fingerprint density at radius 2 is 1.70 bits per heavy atom. The minimum Gasteiger partial charge on any atom is -0.454 e. The first kappa shape index (κ1) is 18.2. The van der Waals surface area contributed by atoms with Crippen LogP contribution in [-0.2, 0) is 16.6 Å². The Kier molecular flexibility index (Phi) is 4.77. The van der Waals surface area contributed by atoms with E-state index in [0.29, 0.717) is 11.5 Å². The standard InChI is InChI=1S/C19H19F2NO4S/c20-16-7-6-15(10-17(16)21)27(23,24)22(14-3-1-2-4-14)11-13-5-8-18-19(9-13)26-12-25-18/h5-10,14H,1-4,11-12H2. The summed E-state index contributed by atoms with van der Waals surface area (Å²) in [5.41, 5.74) is 0.748. The van der Waals surface area contributed by atoms with E-state index < -0.39 is 21.7 Å². The molecule has 2 aromatic carbocycles. The number of halogens is 2. The average Bonchev–Trinajstić information content (AvgIpc) is 3.32. The number of sulfonamides is 1. The van der Waals surface area contributed by atoms with E-state index in [2.05, 4.69) is 0 Å². The first-order chi connectivity index (χ1) is 12.9. The van der Waals surface area contributed by atoms with Gasteiger partial charge in [-0.05, 0) is 48.7 Å². The molecule has 5 nitrogen and oxygen atoms in total. The highest BCUT2D eigenvalue weighted by molar-refractivity contribution is 7.89. The zero-order valence-electron chi connectivity index (χ0n) is 14.5. The van der Waals surface area contributed by atoms with E-state index >= 15 is 0 Å². The number of hydrogen-bond acceptors (Lipinski definition) is 4. The highest BCUT2D eigenvalue weighted by atomic mass is 32.2. The Hall–Kier alpha value is -2.19. The minimum atomic E-state index is -3.98. The van der Waals surface area contributed by atoms with Crippen molar-refractivity contribution in [3.05, 3.63) is 53.6 Å². The number of nitrogens with zero attached hydrogens (tertiary/aromatic N) is 1. The summed E-state index contributed by atoms with van der Waals surface area (Å²) >= 11 is 0. The number of hydrogen-bond donors (Lipinski definition) is 0. The van der Waals surface area contributed by atoms with Crippen LogP contribution >= 0.6 is 0 Å². The van der Waals surface area contributed by atoms with Gasteiger partial charge in [0.25, 0.3) is 0 Å². The van der Waals surface area contributed by atoms with Crippen molar-refractivity contribution in [1.82, 2.24) is 4.31 Å². The van der Waals surface area contributed by atoms with Crippen LogP contribution in [0, 0.1) is 11.6 Å². The molecule has 27 heavy (non-hydrogen) atoms. The van der Waals surface area contributed by atoms with E-state index in [-0.39, 0.29) is 24.3 Å². The molecular weight excluding hydrogens is 376 g/mol. The first-order valence-electron chi connectivity index (χ1n) is 8.80. The SMILES string of the molecule is O=S(=O)(c1ccc(F)c(F)c1)N(Cc1ccc2c(c1)OCO2)C1CCCC1. The van der Waals surface area contributed by atoms with Crippen LogP contribution in [0.1, 0.15) is 31.2 Å². The molecule has 1 fully saturated rings. The lowest BCUT2D eigenvalue weighted by Gasteiger charge is -2.28. The lowest BCUT2D eigenvalue weighted by Crippen LogP contribution is -2.38. The van der Waals surface area contributed by atoms with Gasteiger partial charge in [0.05, 0.1) is 4.90 Å². The molecule has 4 rings (SSSR count). The van der Waals surface area contributed by atoms with E-state index in [1.54, 1.807) is 18.2 Å². The summed E-state index contributed by atoms with van der Waals surface area (Å²) in [6.07, 6.45) is 3.37. The van der Waals surface area contributed by atoms with Crippen molar-refractivity contribution in [3.63, 3.8) is 0 Å². The Labute approximate surface area is 156 Å². The van der Waals surface area contributed by atoms with Crippen LogP contribution in [0.25, 0.3) is 0 Å². The van der Waals surface area contributed by atoms with Crippen molar-refractivity contribution >= 4 is 10.0 Å². The van der Waals surface area contributed by atoms with E-state index in [1.807, 2.05) is 0 Å². The molecule has 0 atom stereocenters. The largest absolute Gasteiger partial charge is 0.454 e. The molecule has 2 aliphatic rings. The predicted octanol–water partition coefficient (Wildman–Crippen LogP) is 3.83. The molecule has 0 saturated heterocycles. The smallest absolute Gasteiger partial charge is 0.243 e. The third kappa shape index (κ3) is 3.51. The van der Waals surface area contributed by atoms with Crippen molar-refractivity contribution in [1.29, 1.82) is 0 Å². The molecule has 1 saturated carbocycles. The highest BCUT2D eigenvalue weighted by Crippen LogP contribution is 2.35. The van der Waals surface area contributed by atoms with Crippen molar-refractivity contribution in [3.8, 4) is 11.5 Å². The molecule has 0 aromatic heterocycles. The van der Waals surface area contributed by atoms with Crippen LogP contribution in [-0.4, -0.2) is 25.6 Å². The molecule has 0 bridgehead atoms. The van der Waals surface area contributed by atoms with Crippen molar-refractivity contribution in [2.45, 2.75) is 43.2 Å². The fraction of sp³-hybridized carbons (Fsp3) is 0.368. The van der Waals surface area contributed by atoms with Crippen LogP contribution in [0.4, 0.5) is 8.78 Å². The van der Waals surface area contributed by atoms with Gasteiger partial charge in [-0.25, -0.2) is 17.2 Å². The molecule has 0 amide bonds. The van der Waals surface area contributed by atoms with Crippen LogP contribution in [0.2, 0.25) is 0 Å². The maximum absolute atomic E-state index is 13.6. The molecule has 8 heteroatoms. The van der Waals surface area contributed by atoms with Crippen LogP contribution < -0.4 is 9.47 Å². The molecule has 0 radical (unpaired) electrons. The number of rotatable bonds is 5. The summed E-state index contributed by atoms with van der Waals surface area (Å²) in [7, 11) is -3.98. The average molecular weight is 395 g/mol. The molecule has 144 valence electrons. The second-order valence-corrected chi connectivity index (χ2v) is 8.64.